The molecule has 0 spiro atoms. The third kappa shape index (κ3) is 3.30. The van der Waals surface area contributed by atoms with Crippen LogP contribution in [0.5, 0.6) is 0 Å². The van der Waals surface area contributed by atoms with Crippen LogP contribution in [0, 0.1) is 0 Å². The Labute approximate surface area is 140 Å². The molecule has 0 unspecified atom stereocenters. The number of nitrogens with one attached hydrogen (secondary N) is 2. The monoisotopic (exact) mass is 329 g/mol. The molecule has 2 heterocycles. The van der Waals surface area contributed by atoms with Crippen LogP contribution in [0.4, 0.5) is 5.69 Å². The Bertz CT molecular complexity index is 715. The Kier molecular flexibility index (Phi) is 4.49. The second-order valence-corrected chi connectivity index (χ2v) is 6.61. The zero-order chi connectivity index (χ0) is 16.4. The van der Waals surface area contributed by atoms with Crippen LogP contribution in [-0.2, 0) is 14.3 Å². The number of carbonyl (C=O) groups is 1. The molecule has 1 aliphatic heterocycles. The Morgan fingerprint density at radius 2 is 2.08 bits per heavy atom. The van der Waals surface area contributed by atoms with E-state index in [4.69, 9.17) is 14.5 Å². The number of imidazole rings is 1. The molecule has 6 nitrogen and oxygen atoms in total. The van der Waals surface area contributed by atoms with Crippen molar-refractivity contribution >= 4 is 22.6 Å². The standard InChI is InChI=1S/C18H23N3O3/c22-18(16-11-23-8-9-24-16)19-13-6-7-14-15(10-13)21-17(20-14)12-4-2-1-3-5-12/h6-7,10,12,16H,1-5,8-9,11H2,(H,19,22)(H,20,21)/t16-/m1/s1. The molecule has 6 heteroatoms. The zero-order valence-electron chi connectivity index (χ0n) is 13.7. The first kappa shape index (κ1) is 15.6. The number of aromatic nitrogens is 2. The Morgan fingerprint density at radius 3 is 2.88 bits per heavy atom. The summed E-state index contributed by atoms with van der Waals surface area (Å²) in [6.07, 6.45) is 5.79. The lowest BCUT2D eigenvalue weighted by molar-refractivity contribution is -0.142. The average Bonchev–Trinajstić information content (AvgIpc) is 3.06. The van der Waals surface area contributed by atoms with Gasteiger partial charge in [0.25, 0.3) is 5.91 Å². The minimum Gasteiger partial charge on any atom is -0.376 e. The van der Waals surface area contributed by atoms with Crippen molar-refractivity contribution < 1.29 is 14.3 Å². The van der Waals surface area contributed by atoms with E-state index >= 15 is 0 Å². The van der Waals surface area contributed by atoms with Gasteiger partial charge >= 0.3 is 0 Å². The van der Waals surface area contributed by atoms with Crippen molar-refractivity contribution in [2.45, 2.75) is 44.1 Å². The van der Waals surface area contributed by atoms with Crippen LogP contribution in [0.2, 0.25) is 0 Å². The number of hydrogen-bond donors (Lipinski definition) is 2. The van der Waals surface area contributed by atoms with Gasteiger partial charge in [-0.2, -0.15) is 0 Å². The molecule has 1 saturated carbocycles. The fourth-order valence-electron chi connectivity index (χ4n) is 3.54. The highest BCUT2D eigenvalue weighted by Gasteiger charge is 2.23. The van der Waals surface area contributed by atoms with E-state index in [9.17, 15) is 4.79 Å². The molecule has 2 N–H and O–H groups in total. The van der Waals surface area contributed by atoms with Crippen LogP contribution >= 0.6 is 0 Å². The smallest absolute Gasteiger partial charge is 0.255 e. The number of carbonyl (C=O) groups excluding carboxylic acids is 1. The number of hydrogen-bond acceptors (Lipinski definition) is 4. The van der Waals surface area contributed by atoms with Crippen molar-refractivity contribution in [1.82, 2.24) is 9.97 Å². The van der Waals surface area contributed by atoms with E-state index in [0.29, 0.717) is 25.7 Å². The minimum atomic E-state index is -0.533. The summed E-state index contributed by atoms with van der Waals surface area (Å²) < 4.78 is 10.7. The molecular weight excluding hydrogens is 306 g/mol. The SMILES string of the molecule is O=C(Nc1ccc2nc(C3CCCCC3)[nH]c2c1)[C@H]1COCCO1. The molecular formula is C18H23N3O3. The first-order valence-electron chi connectivity index (χ1n) is 8.79. The first-order chi connectivity index (χ1) is 11.8. The van der Waals surface area contributed by atoms with Gasteiger partial charge in [0.15, 0.2) is 6.10 Å². The van der Waals surface area contributed by atoms with E-state index in [0.717, 1.165) is 22.5 Å². The van der Waals surface area contributed by atoms with E-state index in [1.807, 2.05) is 18.2 Å². The Morgan fingerprint density at radius 1 is 1.21 bits per heavy atom. The van der Waals surface area contributed by atoms with Crippen molar-refractivity contribution in [1.29, 1.82) is 0 Å². The number of fused-ring (bicyclic) bond motifs is 1. The molecule has 2 aromatic rings. The molecule has 1 atom stereocenters. The third-order valence-electron chi connectivity index (χ3n) is 4.87. The number of ether oxygens (including phenoxy) is 2. The summed E-state index contributed by atoms with van der Waals surface area (Å²) in [5.74, 6) is 1.45. The number of benzene rings is 1. The molecule has 2 aliphatic rings. The second kappa shape index (κ2) is 6.91. The predicted molar refractivity (Wildman–Crippen MR) is 91.1 cm³/mol. The van der Waals surface area contributed by atoms with Crippen molar-refractivity contribution in [3.05, 3.63) is 24.0 Å². The summed E-state index contributed by atoms with van der Waals surface area (Å²) in [6, 6.07) is 5.78. The Balaban J connectivity index is 1.49. The van der Waals surface area contributed by atoms with E-state index < -0.39 is 6.10 Å². The van der Waals surface area contributed by atoms with Gasteiger partial charge in [-0.3, -0.25) is 4.79 Å². The number of aromatic amines is 1. The van der Waals surface area contributed by atoms with Gasteiger partial charge in [-0.25, -0.2) is 4.98 Å². The summed E-state index contributed by atoms with van der Waals surface area (Å²) in [7, 11) is 0. The predicted octanol–water partition coefficient (Wildman–Crippen LogP) is 2.96. The highest BCUT2D eigenvalue weighted by molar-refractivity contribution is 5.96. The minimum absolute atomic E-state index is 0.166. The molecule has 1 aromatic heterocycles. The normalized spacial score (nSPS) is 22.6. The van der Waals surface area contributed by atoms with Gasteiger partial charge in [0.2, 0.25) is 0 Å². The zero-order valence-corrected chi connectivity index (χ0v) is 13.7. The second-order valence-electron chi connectivity index (χ2n) is 6.61. The quantitative estimate of drug-likeness (QED) is 0.908. The molecule has 2 fully saturated rings. The first-order valence-corrected chi connectivity index (χ1v) is 8.79. The summed E-state index contributed by atoms with van der Waals surface area (Å²) in [4.78, 5) is 20.4. The summed E-state index contributed by atoms with van der Waals surface area (Å²) in [5.41, 5.74) is 2.67. The highest BCUT2D eigenvalue weighted by atomic mass is 16.6. The lowest BCUT2D eigenvalue weighted by Crippen LogP contribution is -2.39. The molecule has 1 amide bonds. The molecule has 0 radical (unpaired) electrons. The number of rotatable bonds is 3. The fourth-order valence-corrected chi connectivity index (χ4v) is 3.54. The van der Waals surface area contributed by atoms with Crippen LogP contribution < -0.4 is 5.32 Å². The summed E-state index contributed by atoms with van der Waals surface area (Å²) in [5, 5.41) is 2.90. The molecule has 4 rings (SSSR count). The number of nitrogens with zero attached hydrogens (tertiary/aromatic N) is 1. The van der Waals surface area contributed by atoms with E-state index in [-0.39, 0.29) is 5.91 Å². The fraction of sp³-hybridized carbons (Fsp3) is 0.556. The molecule has 1 saturated heterocycles. The van der Waals surface area contributed by atoms with Crippen LogP contribution in [0.15, 0.2) is 18.2 Å². The van der Waals surface area contributed by atoms with Crippen molar-refractivity contribution in [3.63, 3.8) is 0 Å². The van der Waals surface area contributed by atoms with Crippen molar-refractivity contribution in [2.75, 3.05) is 25.1 Å². The van der Waals surface area contributed by atoms with E-state index in [1.54, 1.807) is 0 Å². The van der Waals surface area contributed by atoms with Crippen LogP contribution in [0.3, 0.4) is 0 Å². The van der Waals surface area contributed by atoms with E-state index in [2.05, 4.69) is 10.3 Å². The summed E-state index contributed by atoms with van der Waals surface area (Å²) >= 11 is 0. The van der Waals surface area contributed by atoms with E-state index in [1.165, 1.54) is 32.1 Å². The molecule has 128 valence electrons. The average molecular weight is 329 g/mol. The van der Waals surface area contributed by atoms with Gasteiger partial charge in [0.1, 0.15) is 5.82 Å². The maximum absolute atomic E-state index is 12.2. The molecule has 1 aromatic carbocycles. The van der Waals surface area contributed by atoms with Crippen LogP contribution in [0.1, 0.15) is 43.8 Å². The number of anilines is 1. The molecule has 24 heavy (non-hydrogen) atoms. The van der Waals surface area contributed by atoms with Gasteiger partial charge in [-0.15, -0.1) is 0 Å². The van der Waals surface area contributed by atoms with Crippen molar-refractivity contribution in [2.24, 2.45) is 0 Å². The van der Waals surface area contributed by atoms with Crippen LogP contribution in [0.25, 0.3) is 11.0 Å². The Hall–Kier alpha value is -1.92. The number of H-pyrrole nitrogens is 1. The van der Waals surface area contributed by atoms with Gasteiger partial charge in [0.05, 0.1) is 30.9 Å². The largest absolute Gasteiger partial charge is 0.376 e. The maximum atomic E-state index is 12.2. The van der Waals surface area contributed by atoms with Gasteiger partial charge in [-0.1, -0.05) is 19.3 Å². The van der Waals surface area contributed by atoms with Gasteiger partial charge in [-0.05, 0) is 31.0 Å². The lowest BCUT2D eigenvalue weighted by Gasteiger charge is -2.22. The number of amides is 1. The molecule has 1 aliphatic carbocycles. The lowest BCUT2D eigenvalue weighted by atomic mass is 9.89. The van der Waals surface area contributed by atoms with Gasteiger partial charge in [0, 0.05) is 11.6 Å². The maximum Gasteiger partial charge on any atom is 0.255 e. The van der Waals surface area contributed by atoms with Gasteiger partial charge < -0.3 is 19.8 Å². The van der Waals surface area contributed by atoms with Crippen molar-refractivity contribution in [3.8, 4) is 0 Å². The highest BCUT2D eigenvalue weighted by Crippen LogP contribution is 2.32. The molecule has 0 bridgehead atoms. The van der Waals surface area contributed by atoms with Crippen LogP contribution in [-0.4, -0.2) is 41.8 Å². The topological polar surface area (TPSA) is 76.2 Å². The third-order valence-corrected chi connectivity index (χ3v) is 4.87. The summed E-state index contributed by atoms with van der Waals surface area (Å²) in [6.45, 7) is 1.32.